The van der Waals surface area contributed by atoms with Gasteiger partial charge in [0.1, 0.15) is 13.2 Å². The molecule has 0 aromatic heterocycles. The SMILES string of the molecule is CC/C=C\C/C=C\C/C=C\C/C=C\C/C=C\CCCC(=O)OC[C@H](COC(=O)CCCCCCCCCCCCCC)OC(=O)CC/C=C\C/C=C\C/C=C\C/C=C\C/C=C\CCCCC. The van der Waals surface area contributed by atoms with Crippen LogP contribution in [0.4, 0.5) is 0 Å². The van der Waals surface area contributed by atoms with Crippen LogP contribution in [0.1, 0.15) is 220 Å². The molecule has 0 aliphatic heterocycles. The molecule has 372 valence electrons. The predicted octanol–water partition coefficient (Wildman–Crippen LogP) is 17.7. The molecule has 0 fully saturated rings. The van der Waals surface area contributed by atoms with Gasteiger partial charge in [-0.15, -0.1) is 0 Å². The molecule has 0 heterocycles. The minimum absolute atomic E-state index is 0.127. The van der Waals surface area contributed by atoms with E-state index in [1.54, 1.807) is 0 Å². The van der Waals surface area contributed by atoms with Gasteiger partial charge in [-0.2, -0.15) is 0 Å². The highest BCUT2D eigenvalue weighted by Crippen LogP contribution is 2.13. The molecule has 0 bridgehead atoms. The summed E-state index contributed by atoms with van der Waals surface area (Å²) in [4.78, 5) is 38.0. The van der Waals surface area contributed by atoms with Crippen molar-refractivity contribution in [3.05, 3.63) is 122 Å². The molecule has 1 atom stereocenters. The van der Waals surface area contributed by atoms with Gasteiger partial charge in [0.25, 0.3) is 0 Å². The smallest absolute Gasteiger partial charge is 0.306 e. The molecule has 0 saturated heterocycles. The summed E-state index contributed by atoms with van der Waals surface area (Å²) >= 11 is 0. The van der Waals surface area contributed by atoms with E-state index in [0.717, 1.165) is 83.5 Å². The Morgan fingerprint density at radius 3 is 1.05 bits per heavy atom. The predicted molar refractivity (Wildman–Crippen MR) is 283 cm³/mol. The van der Waals surface area contributed by atoms with Crippen molar-refractivity contribution < 1.29 is 28.6 Å². The van der Waals surface area contributed by atoms with Gasteiger partial charge >= 0.3 is 17.9 Å². The van der Waals surface area contributed by atoms with E-state index in [0.29, 0.717) is 19.3 Å². The zero-order valence-corrected chi connectivity index (χ0v) is 42.4. The Balaban J connectivity index is 4.60. The van der Waals surface area contributed by atoms with Crippen LogP contribution in [0.15, 0.2) is 122 Å². The summed E-state index contributed by atoms with van der Waals surface area (Å²) in [7, 11) is 0. The zero-order valence-electron chi connectivity index (χ0n) is 42.4. The van der Waals surface area contributed by atoms with Crippen LogP contribution in [0.25, 0.3) is 0 Å². The van der Waals surface area contributed by atoms with E-state index in [1.807, 2.05) is 12.2 Å². The first-order chi connectivity index (χ1) is 32.5. The summed E-state index contributed by atoms with van der Waals surface area (Å²) < 4.78 is 16.7. The maximum atomic E-state index is 12.8. The third-order valence-corrected chi connectivity index (χ3v) is 10.7. The van der Waals surface area contributed by atoms with Crippen molar-refractivity contribution in [2.24, 2.45) is 0 Å². The molecule has 0 amide bonds. The Hall–Kier alpha value is -4.19. The van der Waals surface area contributed by atoms with Crippen LogP contribution in [0.3, 0.4) is 0 Å². The summed E-state index contributed by atoms with van der Waals surface area (Å²) in [5.41, 5.74) is 0. The van der Waals surface area contributed by atoms with Crippen LogP contribution < -0.4 is 0 Å². The summed E-state index contributed by atoms with van der Waals surface area (Å²) in [6.07, 6.45) is 73.4. The van der Waals surface area contributed by atoms with E-state index < -0.39 is 12.1 Å². The van der Waals surface area contributed by atoms with Gasteiger partial charge in [-0.25, -0.2) is 0 Å². The number of hydrogen-bond donors (Lipinski definition) is 0. The number of hydrogen-bond acceptors (Lipinski definition) is 6. The Morgan fingerprint density at radius 2 is 0.636 bits per heavy atom. The summed E-state index contributed by atoms with van der Waals surface area (Å²) in [6, 6.07) is 0. The van der Waals surface area contributed by atoms with Crippen molar-refractivity contribution in [3.63, 3.8) is 0 Å². The number of ether oxygens (including phenoxy) is 3. The molecular weight excluding hydrogens is 817 g/mol. The molecule has 0 N–H and O–H groups in total. The Kier molecular flexibility index (Phi) is 50.0. The molecule has 0 aromatic carbocycles. The minimum Gasteiger partial charge on any atom is -0.462 e. The van der Waals surface area contributed by atoms with E-state index in [9.17, 15) is 14.4 Å². The first-order valence-corrected chi connectivity index (χ1v) is 26.5. The van der Waals surface area contributed by atoms with E-state index >= 15 is 0 Å². The lowest BCUT2D eigenvalue weighted by Gasteiger charge is -2.18. The van der Waals surface area contributed by atoms with Crippen molar-refractivity contribution in [1.29, 1.82) is 0 Å². The number of esters is 3. The van der Waals surface area contributed by atoms with Crippen molar-refractivity contribution in [3.8, 4) is 0 Å². The highest BCUT2D eigenvalue weighted by Gasteiger charge is 2.19. The molecule has 0 aliphatic carbocycles. The molecule has 66 heavy (non-hydrogen) atoms. The topological polar surface area (TPSA) is 78.9 Å². The molecule has 0 radical (unpaired) electrons. The molecule has 6 nitrogen and oxygen atoms in total. The summed E-state index contributed by atoms with van der Waals surface area (Å²) in [5.74, 6) is -1.08. The normalized spacial score (nSPS) is 13.1. The van der Waals surface area contributed by atoms with E-state index in [1.165, 1.54) is 83.5 Å². The lowest BCUT2D eigenvalue weighted by Crippen LogP contribution is -2.30. The monoisotopic (exact) mass is 913 g/mol. The third-order valence-electron chi connectivity index (χ3n) is 10.7. The molecular formula is C60H96O6. The van der Waals surface area contributed by atoms with Crippen LogP contribution in [0.2, 0.25) is 0 Å². The fraction of sp³-hybridized carbons (Fsp3) is 0.617. The van der Waals surface area contributed by atoms with Gasteiger partial charge in [0.2, 0.25) is 0 Å². The second-order valence-corrected chi connectivity index (χ2v) is 17.1. The molecule has 0 unspecified atom stereocenters. The molecule has 0 rings (SSSR count). The highest BCUT2D eigenvalue weighted by atomic mass is 16.6. The Bertz CT molecular complexity index is 1420. The fourth-order valence-corrected chi connectivity index (χ4v) is 6.75. The van der Waals surface area contributed by atoms with Gasteiger partial charge in [-0.1, -0.05) is 226 Å². The maximum Gasteiger partial charge on any atom is 0.306 e. The average molecular weight is 913 g/mol. The molecule has 0 aromatic rings. The van der Waals surface area contributed by atoms with Crippen LogP contribution in [-0.4, -0.2) is 37.2 Å². The quantitative estimate of drug-likeness (QED) is 0.0262. The van der Waals surface area contributed by atoms with E-state index in [-0.39, 0.29) is 38.0 Å². The lowest BCUT2D eigenvalue weighted by atomic mass is 10.0. The second kappa shape index (κ2) is 53.4. The number of carbonyl (C=O) groups excluding carboxylic acids is 3. The lowest BCUT2D eigenvalue weighted by molar-refractivity contribution is -0.166. The second-order valence-electron chi connectivity index (χ2n) is 17.1. The summed E-state index contributed by atoms with van der Waals surface area (Å²) in [6.45, 7) is 6.37. The standard InChI is InChI=1S/C60H96O6/c1-4-7-10-13-16-19-22-25-27-29-30-32-34-36-39-42-45-48-51-54-60(63)66-57(55-64-58(61)52-49-46-43-40-37-24-21-18-15-12-9-6-3)56-65-59(62)53-50-47-44-41-38-35-33-31-28-26-23-20-17-14-11-8-5-2/h8,11,16-17,19-20,25-28,30,32-33,35-36,39,41,44-45,48,57H,4-7,9-10,12-15,18,21-24,29,31,34,37-38,40,42-43,46-47,49-56H2,1-3H3/b11-8-,19-16-,20-17-,27-25-,28-26-,32-30-,35-33-,39-36-,44-41-,48-45-/t57-/m0/s1. The summed E-state index contributed by atoms with van der Waals surface area (Å²) in [5, 5.41) is 0. The van der Waals surface area contributed by atoms with E-state index in [2.05, 4.69) is 130 Å². The van der Waals surface area contributed by atoms with Crippen LogP contribution >= 0.6 is 0 Å². The van der Waals surface area contributed by atoms with Crippen LogP contribution in [0, 0.1) is 0 Å². The molecule has 0 aliphatic rings. The number of rotatable bonds is 46. The minimum atomic E-state index is -0.842. The van der Waals surface area contributed by atoms with Crippen molar-refractivity contribution in [2.75, 3.05) is 13.2 Å². The number of allylic oxidation sites excluding steroid dienone is 20. The maximum absolute atomic E-state index is 12.8. The van der Waals surface area contributed by atoms with Crippen LogP contribution in [-0.2, 0) is 28.6 Å². The Morgan fingerprint density at radius 1 is 0.318 bits per heavy atom. The first-order valence-electron chi connectivity index (χ1n) is 26.5. The van der Waals surface area contributed by atoms with Crippen molar-refractivity contribution in [1.82, 2.24) is 0 Å². The first kappa shape index (κ1) is 61.8. The molecule has 0 saturated carbocycles. The van der Waals surface area contributed by atoms with E-state index in [4.69, 9.17) is 14.2 Å². The molecule has 0 spiro atoms. The van der Waals surface area contributed by atoms with Gasteiger partial charge < -0.3 is 14.2 Å². The van der Waals surface area contributed by atoms with Gasteiger partial charge in [-0.05, 0) is 96.3 Å². The third kappa shape index (κ3) is 50.8. The number of unbranched alkanes of at least 4 members (excludes halogenated alkanes) is 15. The Labute approximate surface area is 405 Å². The van der Waals surface area contributed by atoms with Gasteiger partial charge in [0, 0.05) is 19.3 Å². The largest absolute Gasteiger partial charge is 0.462 e. The van der Waals surface area contributed by atoms with Crippen molar-refractivity contribution >= 4 is 17.9 Å². The van der Waals surface area contributed by atoms with Crippen LogP contribution in [0.5, 0.6) is 0 Å². The van der Waals surface area contributed by atoms with Gasteiger partial charge in [0.05, 0.1) is 0 Å². The number of carbonyl (C=O) groups is 3. The van der Waals surface area contributed by atoms with Crippen molar-refractivity contribution in [2.45, 2.75) is 226 Å². The molecule has 6 heteroatoms. The van der Waals surface area contributed by atoms with Gasteiger partial charge in [-0.3, -0.25) is 14.4 Å². The fourth-order valence-electron chi connectivity index (χ4n) is 6.75. The average Bonchev–Trinajstić information content (AvgIpc) is 3.31. The zero-order chi connectivity index (χ0) is 47.9. The highest BCUT2D eigenvalue weighted by molar-refractivity contribution is 5.71. The van der Waals surface area contributed by atoms with Gasteiger partial charge in [0.15, 0.2) is 6.10 Å².